The fraction of sp³-hybridized carbons (Fsp3) is 0.400. The van der Waals surface area contributed by atoms with E-state index in [-0.39, 0.29) is 0 Å². The van der Waals surface area contributed by atoms with Crippen LogP contribution in [0.3, 0.4) is 0 Å². The van der Waals surface area contributed by atoms with Crippen LogP contribution in [0.25, 0.3) is 0 Å². The average molecular weight is 229 g/mol. The minimum atomic E-state index is -0.684. The summed E-state index contributed by atoms with van der Waals surface area (Å²) in [7, 11) is 0. The molecule has 0 unspecified atom stereocenters. The smallest absolute Gasteiger partial charge is 0.323 e. The lowest BCUT2D eigenvalue weighted by Crippen LogP contribution is -2.34. The number of rotatable bonds is 4. The highest BCUT2D eigenvalue weighted by atomic mass is 35.5. The first-order valence-electron chi connectivity index (χ1n) is 4.66. The zero-order chi connectivity index (χ0) is 11.3. The van der Waals surface area contributed by atoms with E-state index in [0.717, 1.165) is 0 Å². The standard InChI is InChI=1S/C10H13ClN2O2/c1-2-15-10(14)9(12)6-8-5-7(11)3-4-13-8/h3-5,9H,2,6,12H2,1H3/t9-/m0/s1. The monoisotopic (exact) mass is 228 g/mol. The predicted octanol–water partition coefficient (Wildman–Crippen LogP) is 1.17. The van der Waals surface area contributed by atoms with Crippen LogP contribution < -0.4 is 5.73 Å². The number of hydrogen-bond donors (Lipinski definition) is 1. The molecule has 1 heterocycles. The molecule has 2 N–H and O–H groups in total. The van der Waals surface area contributed by atoms with Gasteiger partial charge >= 0.3 is 5.97 Å². The van der Waals surface area contributed by atoms with Gasteiger partial charge in [0.2, 0.25) is 0 Å². The molecule has 15 heavy (non-hydrogen) atoms. The van der Waals surface area contributed by atoms with Crippen LogP contribution in [0.2, 0.25) is 5.02 Å². The maximum atomic E-state index is 11.2. The van der Waals surface area contributed by atoms with Gasteiger partial charge in [0.15, 0.2) is 0 Å². The average Bonchev–Trinajstić information content (AvgIpc) is 2.18. The van der Waals surface area contributed by atoms with Crippen molar-refractivity contribution in [3.8, 4) is 0 Å². The van der Waals surface area contributed by atoms with Crippen LogP contribution in [0.1, 0.15) is 12.6 Å². The highest BCUT2D eigenvalue weighted by molar-refractivity contribution is 6.30. The van der Waals surface area contributed by atoms with Crippen molar-refractivity contribution in [2.24, 2.45) is 5.73 Å². The highest BCUT2D eigenvalue weighted by Crippen LogP contribution is 2.09. The molecule has 0 aliphatic rings. The molecule has 1 aromatic heterocycles. The summed E-state index contributed by atoms with van der Waals surface area (Å²) in [6.45, 7) is 2.07. The zero-order valence-corrected chi connectivity index (χ0v) is 9.20. The molecule has 0 aromatic carbocycles. The Kier molecular flexibility index (Phi) is 4.52. The number of carbonyl (C=O) groups is 1. The van der Waals surface area contributed by atoms with Crippen molar-refractivity contribution in [3.05, 3.63) is 29.0 Å². The minimum Gasteiger partial charge on any atom is -0.465 e. The van der Waals surface area contributed by atoms with Crippen molar-refractivity contribution in [2.45, 2.75) is 19.4 Å². The molecule has 82 valence electrons. The molecule has 1 aromatic rings. The lowest BCUT2D eigenvalue weighted by Gasteiger charge is -2.09. The quantitative estimate of drug-likeness (QED) is 0.786. The SMILES string of the molecule is CCOC(=O)[C@@H](N)Cc1cc(Cl)ccn1. The second kappa shape index (κ2) is 5.68. The highest BCUT2D eigenvalue weighted by Gasteiger charge is 2.15. The summed E-state index contributed by atoms with van der Waals surface area (Å²) in [6.07, 6.45) is 1.91. The molecule has 0 radical (unpaired) electrons. The van der Waals surface area contributed by atoms with Gasteiger partial charge in [0.05, 0.1) is 6.61 Å². The van der Waals surface area contributed by atoms with Crippen molar-refractivity contribution in [1.82, 2.24) is 4.98 Å². The first kappa shape index (κ1) is 11.9. The maximum Gasteiger partial charge on any atom is 0.323 e. The molecular formula is C10H13ClN2O2. The second-order valence-electron chi connectivity index (χ2n) is 3.03. The van der Waals surface area contributed by atoms with E-state index in [1.807, 2.05) is 0 Å². The number of pyridine rings is 1. The van der Waals surface area contributed by atoms with Gasteiger partial charge in [0, 0.05) is 23.3 Å². The summed E-state index contributed by atoms with van der Waals surface area (Å²) >= 11 is 5.77. The zero-order valence-electron chi connectivity index (χ0n) is 8.44. The normalized spacial score (nSPS) is 12.2. The molecule has 0 aliphatic carbocycles. The number of hydrogen-bond acceptors (Lipinski definition) is 4. The summed E-state index contributed by atoms with van der Waals surface area (Å²) in [5.74, 6) is -0.417. The molecule has 1 atom stereocenters. The van der Waals surface area contributed by atoms with E-state index in [9.17, 15) is 4.79 Å². The Labute approximate surface area is 93.4 Å². The van der Waals surface area contributed by atoms with Gasteiger partial charge in [-0.2, -0.15) is 0 Å². The molecule has 1 rings (SSSR count). The predicted molar refractivity (Wildman–Crippen MR) is 57.6 cm³/mol. The number of ether oxygens (including phenoxy) is 1. The third-order valence-corrected chi connectivity index (χ3v) is 2.03. The van der Waals surface area contributed by atoms with Gasteiger partial charge in [-0.05, 0) is 19.1 Å². The number of aromatic nitrogens is 1. The third-order valence-electron chi connectivity index (χ3n) is 1.80. The first-order chi connectivity index (χ1) is 7.13. The third kappa shape index (κ3) is 3.85. The molecule has 0 amide bonds. The van der Waals surface area contributed by atoms with Gasteiger partial charge in [-0.3, -0.25) is 9.78 Å². The van der Waals surface area contributed by atoms with E-state index >= 15 is 0 Å². The Hall–Kier alpha value is -1.13. The van der Waals surface area contributed by atoms with Gasteiger partial charge in [-0.25, -0.2) is 0 Å². The number of esters is 1. The molecular weight excluding hydrogens is 216 g/mol. The van der Waals surface area contributed by atoms with E-state index in [2.05, 4.69) is 4.98 Å². The molecule has 5 heteroatoms. The first-order valence-corrected chi connectivity index (χ1v) is 5.04. The van der Waals surface area contributed by atoms with Crippen molar-refractivity contribution >= 4 is 17.6 Å². The number of nitrogens with zero attached hydrogens (tertiary/aromatic N) is 1. The van der Waals surface area contributed by atoms with Crippen LogP contribution in [0, 0.1) is 0 Å². The summed E-state index contributed by atoms with van der Waals surface area (Å²) < 4.78 is 4.78. The second-order valence-corrected chi connectivity index (χ2v) is 3.46. The molecule has 0 saturated carbocycles. The molecule has 0 bridgehead atoms. The van der Waals surface area contributed by atoms with Crippen molar-refractivity contribution in [2.75, 3.05) is 6.61 Å². The van der Waals surface area contributed by atoms with E-state index in [1.54, 1.807) is 25.3 Å². The number of carbonyl (C=O) groups excluding carboxylic acids is 1. The van der Waals surface area contributed by atoms with E-state index < -0.39 is 12.0 Å². The Morgan fingerprint density at radius 3 is 3.07 bits per heavy atom. The Morgan fingerprint density at radius 2 is 2.47 bits per heavy atom. The van der Waals surface area contributed by atoms with Crippen LogP contribution in [-0.4, -0.2) is 23.6 Å². The van der Waals surface area contributed by atoms with Gasteiger partial charge in [0.1, 0.15) is 6.04 Å². The maximum absolute atomic E-state index is 11.2. The van der Waals surface area contributed by atoms with Crippen LogP contribution in [0.15, 0.2) is 18.3 Å². The van der Waals surface area contributed by atoms with Crippen LogP contribution in [-0.2, 0) is 16.0 Å². The topological polar surface area (TPSA) is 65.2 Å². The van der Waals surface area contributed by atoms with Gasteiger partial charge in [-0.15, -0.1) is 0 Å². The lowest BCUT2D eigenvalue weighted by molar-refractivity contribution is -0.144. The summed E-state index contributed by atoms with van der Waals surface area (Å²) in [4.78, 5) is 15.3. The van der Waals surface area contributed by atoms with Crippen molar-refractivity contribution in [1.29, 1.82) is 0 Å². The molecule has 0 saturated heterocycles. The van der Waals surface area contributed by atoms with E-state index in [4.69, 9.17) is 22.1 Å². The van der Waals surface area contributed by atoms with Crippen LogP contribution in [0.5, 0.6) is 0 Å². The Morgan fingerprint density at radius 1 is 1.73 bits per heavy atom. The summed E-state index contributed by atoms with van der Waals surface area (Å²) in [6, 6.07) is 2.66. The summed E-state index contributed by atoms with van der Waals surface area (Å²) in [5, 5.41) is 0.580. The molecule has 0 spiro atoms. The number of nitrogens with two attached hydrogens (primary N) is 1. The molecule has 4 nitrogen and oxygen atoms in total. The fourth-order valence-corrected chi connectivity index (χ4v) is 1.30. The van der Waals surface area contributed by atoms with Crippen LogP contribution >= 0.6 is 11.6 Å². The van der Waals surface area contributed by atoms with E-state index in [1.165, 1.54) is 0 Å². The van der Waals surface area contributed by atoms with Gasteiger partial charge < -0.3 is 10.5 Å². The Balaban J connectivity index is 2.58. The largest absolute Gasteiger partial charge is 0.465 e. The van der Waals surface area contributed by atoms with Crippen molar-refractivity contribution < 1.29 is 9.53 Å². The van der Waals surface area contributed by atoms with Gasteiger partial charge in [0.25, 0.3) is 0 Å². The van der Waals surface area contributed by atoms with Gasteiger partial charge in [-0.1, -0.05) is 11.6 Å². The fourth-order valence-electron chi connectivity index (χ4n) is 1.12. The summed E-state index contributed by atoms with van der Waals surface area (Å²) in [5.41, 5.74) is 6.31. The minimum absolute atomic E-state index is 0.329. The van der Waals surface area contributed by atoms with E-state index in [0.29, 0.717) is 23.7 Å². The number of halogens is 1. The van der Waals surface area contributed by atoms with Crippen LogP contribution in [0.4, 0.5) is 0 Å². The Bertz CT molecular complexity index is 344. The molecule has 0 aliphatic heterocycles. The molecule has 0 fully saturated rings. The van der Waals surface area contributed by atoms with Crippen molar-refractivity contribution in [3.63, 3.8) is 0 Å². The lowest BCUT2D eigenvalue weighted by atomic mass is 10.1.